The molecule has 2 heterocycles. The van der Waals surface area contributed by atoms with Crippen LogP contribution >= 0.6 is 0 Å². The van der Waals surface area contributed by atoms with Crippen LogP contribution in [0.15, 0.2) is 18.2 Å². The number of hydrogen-bond donors (Lipinski definition) is 1. The molecule has 3 nitrogen and oxygen atoms in total. The van der Waals surface area contributed by atoms with Crippen molar-refractivity contribution < 1.29 is 23.2 Å². The quantitative estimate of drug-likeness (QED) is 0.865. The Balaban J connectivity index is 1.61. The number of quaternary nitrogens is 1. The summed E-state index contributed by atoms with van der Waals surface area (Å²) in [7, 11) is 0. The minimum Gasteiger partial charge on any atom is -0.461 e. The van der Waals surface area contributed by atoms with Crippen molar-refractivity contribution >= 4 is 5.97 Å². The number of piperidine rings is 2. The van der Waals surface area contributed by atoms with E-state index in [2.05, 4.69) is 0 Å². The van der Waals surface area contributed by atoms with Gasteiger partial charge in [-0.25, -0.2) is 13.6 Å². The zero-order chi connectivity index (χ0) is 15.5. The van der Waals surface area contributed by atoms with Crippen LogP contribution < -0.4 is 4.90 Å². The molecule has 1 aromatic carbocycles. The highest BCUT2D eigenvalue weighted by molar-refractivity contribution is 5.89. The molecule has 0 radical (unpaired) electrons. The molecule has 0 saturated carbocycles. The van der Waals surface area contributed by atoms with Crippen molar-refractivity contribution in [1.29, 1.82) is 0 Å². The molecule has 2 fully saturated rings. The zero-order valence-corrected chi connectivity index (χ0v) is 12.6. The molecular formula is C17H22F2NO2+. The van der Waals surface area contributed by atoms with Gasteiger partial charge in [-0.1, -0.05) is 0 Å². The SMILES string of the molecule is O=C(OC[C@@H]1CCC[NH+]2CCCC[C@H]12)c1cc(F)ccc1F. The Kier molecular flexibility index (Phi) is 4.71. The van der Waals surface area contributed by atoms with Crippen molar-refractivity contribution in [2.45, 2.75) is 38.1 Å². The molecule has 5 heteroatoms. The molecular weight excluding hydrogens is 288 g/mol. The molecule has 2 saturated heterocycles. The average molecular weight is 310 g/mol. The van der Waals surface area contributed by atoms with Crippen LogP contribution in [0, 0.1) is 17.6 Å². The molecule has 0 aliphatic carbocycles. The first-order chi connectivity index (χ1) is 10.6. The van der Waals surface area contributed by atoms with E-state index in [1.807, 2.05) is 0 Å². The van der Waals surface area contributed by atoms with Gasteiger partial charge in [0.2, 0.25) is 0 Å². The van der Waals surface area contributed by atoms with Gasteiger partial charge < -0.3 is 9.64 Å². The van der Waals surface area contributed by atoms with Crippen molar-refractivity contribution in [3.8, 4) is 0 Å². The van der Waals surface area contributed by atoms with Gasteiger partial charge in [0.05, 0.1) is 24.7 Å². The third kappa shape index (κ3) is 3.29. The van der Waals surface area contributed by atoms with Crippen LogP contribution in [0.25, 0.3) is 0 Å². The molecule has 0 spiro atoms. The van der Waals surface area contributed by atoms with Crippen molar-refractivity contribution in [3.05, 3.63) is 35.4 Å². The van der Waals surface area contributed by atoms with E-state index in [0.29, 0.717) is 18.6 Å². The van der Waals surface area contributed by atoms with E-state index in [1.165, 1.54) is 32.4 Å². The average Bonchev–Trinajstić information content (AvgIpc) is 2.54. The van der Waals surface area contributed by atoms with E-state index in [-0.39, 0.29) is 5.56 Å². The number of nitrogens with one attached hydrogen (secondary N) is 1. The first-order valence-corrected chi connectivity index (χ1v) is 8.12. The van der Waals surface area contributed by atoms with Crippen molar-refractivity contribution in [1.82, 2.24) is 0 Å². The third-order valence-corrected chi connectivity index (χ3v) is 5.01. The van der Waals surface area contributed by atoms with Crippen LogP contribution in [0.4, 0.5) is 8.78 Å². The summed E-state index contributed by atoms with van der Waals surface area (Å²) in [4.78, 5) is 13.6. The lowest BCUT2D eigenvalue weighted by Gasteiger charge is -2.40. The number of benzene rings is 1. The fourth-order valence-corrected chi connectivity index (χ4v) is 3.89. The van der Waals surface area contributed by atoms with Gasteiger partial charge in [0.1, 0.15) is 18.2 Å². The van der Waals surface area contributed by atoms with Crippen molar-refractivity contribution in [3.63, 3.8) is 0 Å². The molecule has 22 heavy (non-hydrogen) atoms. The fraction of sp³-hybridized carbons (Fsp3) is 0.588. The molecule has 3 atom stereocenters. The highest BCUT2D eigenvalue weighted by Crippen LogP contribution is 2.21. The monoisotopic (exact) mass is 310 g/mol. The lowest BCUT2D eigenvalue weighted by molar-refractivity contribution is -0.940. The Morgan fingerprint density at radius 2 is 2.00 bits per heavy atom. The molecule has 2 aliphatic rings. The Hall–Kier alpha value is -1.49. The zero-order valence-electron chi connectivity index (χ0n) is 12.6. The largest absolute Gasteiger partial charge is 0.461 e. The van der Waals surface area contributed by atoms with Crippen LogP contribution in [0.1, 0.15) is 42.5 Å². The maximum absolute atomic E-state index is 13.6. The van der Waals surface area contributed by atoms with Crippen molar-refractivity contribution in [2.24, 2.45) is 5.92 Å². The summed E-state index contributed by atoms with van der Waals surface area (Å²) in [6, 6.07) is 3.40. The summed E-state index contributed by atoms with van der Waals surface area (Å²) in [6.07, 6.45) is 5.87. The van der Waals surface area contributed by atoms with Crippen LogP contribution in [0.3, 0.4) is 0 Å². The first-order valence-electron chi connectivity index (χ1n) is 8.12. The van der Waals surface area contributed by atoms with E-state index >= 15 is 0 Å². The Labute approximate surface area is 129 Å². The summed E-state index contributed by atoms with van der Waals surface area (Å²) in [5.74, 6) is -1.79. The van der Waals surface area contributed by atoms with Gasteiger partial charge in [-0.2, -0.15) is 0 Å². The number of carbonyl (C=O) groups excluding carboxylic acids is 1. The number of halogens is 2. The smallest absolute Gasteiger partial charge is 0.341 e. The van der Waals surface area contributed by atoms with Crippen LogP contribution in [0.5, 0.6) is 0 Å². The van der Waals surface area contributed by atoms with Crippen LogP contribution in [-0.2, 0) is 4.74 Å². The van der Waals surface area contributed by atoms with Gasteiger partial charge in [0.25, 0.3) is 0 Å². The van der Waals surface area contributed by atoms with Gasteiger partial charge in [-0.3, -0.25) is 0 Å². The topological polar surface area (TPSA) is 30.7 Å². The molecule has 1 N–H and O–H groups in total. The number of carbonyl (C=O) groups is 1. The van der Waals surface area contributed by atoms with E-state index in [0.717, 1.165) is 31.0 Å². The lowest BCUT2D eigenvalue weighted by Crippen LogP contribution is -3.18. The number of hydrogen-bond acceptors (Lipinski definition) is 2. The van der Waals surface area contributed by atoms with Gasteiger partial charge >= 0.3 is 5.97 Å². The molecule has 0 amide bonds. The first kappa shape index (κ1) is 15.4. The second-order valence-corrected chi connectivity index (χ2v) is 6.39. The summed E-state index contributed by atoms with van der Waals surface area (Å²) in [5, 5.41) is 0. The minimum atomic E-state index is -0.764. The van der Waals surface area contributed by atoms with Gasteiger partial charge in [0.15, 0.2) is 0 Å². The highest BCUT2D eigenvalue weighted by atomic mass is 19.1. The molecule has 0 bridgehead atoms. The summed E-state index contributed by atoms with van der Waals surface area (Å²) >= 11 is 0. The number of ether oxygens (including phenoxy) is 1. The molecule has 1 aromatic rings. The second kappa shape index (κ2) is 6.73. The normalized spacial score (nSPS) is 28.0. The number of esters is 1. The Morgan fingerprint density at radius 3 is 2.86 bits per heavy atom. The van der Waals surface area contributed by atoms with E-state index in [1.54, 1.807) is 4.90 Å². The van der Waals surface area contributed by atoms with Crippen LogP contribution in [0.2, 0.25) is 0 Å². The number of fused-ring (bicyclic) bond motifs is 1. The lowest BCUT2D eigenvalue weighted by atomic mass is 9.84. The third-order valence-electron chi connectivity index (χ3n) is 5.01. The fourth-order valence-electron chi connectivity index (χ4n) is 3.89. The molecule has 2 aliphatic heterocycles. The number of rotatable bonds is 3. The Morgan fingerprint density at radius 1 is 1.18 bits per heavy atom. The van der Waals surface area contributed by atoms with Gasteiger partial charge in [-0.05, 0) is 50.3 Å². The summed E-state index contributed by atoms with van der Waals surface area (Å²) < 4.78 is 32.0. The predicted molar refractivity (Wildman–Crippen MR) is 77.7 cm³/mol. The summed E-state index contributed by atoms with van der Waals surface area (Å²) in [5.41, 5.74) is -0.316. The molecule has 1 unspecified atom stereocenters. The van der Waals surface area contributed by atoms with Crippen LogP contribution in [-0.4, -0.2) is 31.7 Å². The molecule has 0 aromatic heterocycles. The van der Waals surface area contributed by atoms with E-state index in [4.69, 9.17) is 4.74 Å². The standard InChI is InChI=1S/C17H21F2NO2/c18-13-6-7-15(19)14(10-13)17(21)22-11-12-4-3-9-20-8-2-1-5-16(12)20/h6-7,10,12,16H,1-5,8-9,11H2/p+1/t12-,16+/m0/s1. The second-order valence-electron chi connectivity index (χ2n) is 6.39. The van der Waals surface area contributed by atoms with Gasteiger partial charge in [-0.15, -0.1) is 0 Å². The van der Waals surface area contributed by atoms with E-state index < -0.39 is 17.6 Å². The van der Waals surface area contributed by atoms with E-state index in [9.17, 15) is 13.6 Å². The minimum absolute atomic E-state index is 0.308. The molecule has 120 valence electrons. The Bertz CT molecular complexity index is 547. The molecule has 3 rings (SSSR count). The highest BCUT2D eigenvalue weighted by Gasteiger charge is 2.37. The predicted octanol–water partition coefficient (Wildman–Crippen LogP) is 1.97. The van der Waals surface area contributed by atoms with Crippen molar-refractivity contribution in [2.75, 3.05) is 19.7 Å². The summed E-state index contributed by atoms with van der Waals surface area (Å²) in [6.45, 7) is 2.71. The van der Waals surface area contributed by atoms with Gasteiger partial charge in [0, 0.05) is 5.92 Å². The maximum Gasteiger partial charge on any atom is 0.341 e. The maximum atomic E-state index is 13.6.